The maximum Gasteiger partial charge on any atom is 0.0821 e. The molecule has 0 radical (unpaired) electrons. The molecule has 0 amide bonds. The van der Waals surface area contributed by atoms with E-state index in [1.165, 1.54) is 6.20 Å². The van der Waals surface area contributed by atoms with Crippen LogP contribution in [0.1, 0.15) is 6.92 Å². The molecule has 0 aliphatic carbocycles. The smallest absolute Gasteiger partial charge is 0.0821 e. The highest BCUT2D eigenvalue weighted by Gasteiger charge is 1.81. The van der Waals surface area contributed by atoms with Gasteiger partial charge in [0.1, 0.15) is 0 Å². The van der Waals surface area contributed by atoms with Crippen LogP contribution in [0.5, 0.6) is 0 Å². The summed E-state index contributed by atoms with van der Waals surface area (Å²) in [5.74, 6) is 0. The highest BCUT2D eigenvalue weighted by atomic mass is 16.5. The molecule has 0 heterocycles. The quantitative estimate of drug-likeness (QED) is 0.378. The number of hydrogen-bond donors (Lipinski definition) is 3. The molecule has 4 heteroatoms. The minimum absolute atomic E-state index is 0.341. The van der Waals surface area contributed by atoms with Crippen molar-refractivity contribution in [1.29, 1.82) is 5.53 Å². The molecule has 0 aromatic rings. The van der Waals surface area contributed by atoms with Crippen LogP contribution in [-0.2, 0) is 0 Å². The summed E-state index contributed by atoms with van der Waals surface area (Å²) in [4.78, 5) is 0. The van der Waals surface area contributed by atoms with E-state index in [1.807, 2.05) is 5.48 Å². The van der Waals surface area contributed by atoms with Gasteiger partial charge in [-0.15, -0.1) is 0 Å². The number of rotatable bonds is 3. The first-order chi connectivity index (χ1) is 3.81. The average molecular weight is 115 g/mol. The fourth-order valence-electron chi connectivity index (χ4n) is 0.281. The number of hydroxylamine groups is 1. The van der Waals surface area contributed by atoms with Crippen molar-refractivity contribution >= 4 is 0 Å². The lowest BCUT2D eigenvalue weighted by Gasteiger charge is -1.90. The first kappa shape index (κ1) is 7.10. The first-order valence-electron chi connectivity index (χ1n) is 2.19. The molecular formula is C4H9N3O. The van der Waals surface area contributed by atoms with Gasteiger partial charge in [-0.05, 0) is 12.5 Å². The van der Waals surface area contributed by atoms with Crippen molar-refractivity contribution in [2.45, 2.75) is 6.92 Å². The van der Waals surface area contributed by atoms with Crippen molar-refractivity contribution < 1.29 is 5.21 Å². The fourth-order valence-corrected chi connectivity index (χ4v) is 0.281. The van der Waals surface area contributed by atoms with E-state index in [2.05, 4.69) is 5.11 Å². The van der Waals surface area contributed by atoms with Crippen LogP contribution in [-0.4, -0.2) is 11.8 Å². The van der Waals surface area contributed by atoms with Crippen LogP contribution >= 0.6 is 0 Å². The zero-order valence-corrected chi connectivity index (χ0v) is 4.68. The molecule has 0 aromatic heterocycles. The highest BCUT2D eigenvalue weighted by Crippen LogP contribution is 1.87. The van der Waals surface area contributed by atoms with Crippen molar-refractivity contribution in [3.63, 3.8) is 0 Å². The van der Waals surface area contributed by atoms with Crippen molar-refractivity contribution in [1.82, 2.24) is 5.48 Å². The summed E-state index contributed by atoms with van der Waals surface area (Å²) in [7, 11) is 0. The lowest BCUT2D eigenvalue weighted by Crippen LogP contribution is -1.96. The Bertz CT molecular complexity index is 99.5. The summed E-state index contributed by atoms with van der Waals surface area (Å²) in [6.45, 7) is 2.11. The van der Waals surface area contributed by atoms with Crippen molar-refractivity contribution in [3.05, 3.63) is 11.8 Å². The minimum atomic E-state index is 0.341. The predicted molar refractivity (Wildman–Crippen MR) is 28.7 cm³/mol. The molecule has 46 valence electrons. The van der Waals surface area contributed by atoms with E-state index in [0.29, 0.717) is 6.54 Å². The van der Waals surface area contributed by atoms with Crippen LogP contribution in [0.15, 0.2) is 16.9 Å². The Kier molecular flexibility index (Phi) is 3.78. The summed E-state index contributed by atoms with van der Waals surface area (Å²) in [5.41, 5.74) is 9.05. The molecule has 0 aliphatic rings. The molecule has 0 atom stereocenters. The van der Waals surface area contributed by atoms with Crippen molar-refractivity contribution in [3.8, 4) is 0 Å². The number of hydrogen-bond acceptors (Lipinski definition) is 4. The molecule has 0 aromatic carbocycles. The molecule has 0 bridgehead atoms. The SMILES string of the molecule is C/C(=C/NO)CN=N. The Morgan fingerprint density at radius 3 is 3.00 bits per heavy atom. The second kappa shape index (κ2) is 4.26. The third kappa shape index (κ3) is 3.30. The van der Waals surface area contributed by atoms with Crippen LogP contribution in [0, 0.1) is 5.53 Å². The molecule has 0 spiro atoms. The van der Waals surface area contributed by atoms with Crippen molar-refractivity contribution in [2.75, 3.05) is 6.54 Å². The Balaban J connectivity index is 3.44. The van der Waals surface area contributed by atoms with Gasteiger partial charge in [-0.3, -0.25) is 10.7 Å². The molecule has 0 saturated carbocycles. The Morgan fingerprint density at radius 1 is 2.00 bits per heavy atom. The van der Waals surface area contributed by atoms with E-state index >= 15 is 0 Å². The molecule has 4 nitrogen and oxygen atoms in total. The van der Waals surface area contributed by atoms with Gasteiger partial charge in [0, 0.05) is 6.20 Å². The molecular weight excluding hydrogens is 106 g/mol. The Hall–Kier alpha value is -0.900. The molecule has 0 aliphatic heterocycles. The van der Waals surface area contributed by atoms with Gasteiger partial charge in [-0.25, -0.2) is 5.53 Å². The summed E-state index contributed by atoms with van der Waals surface area (Å²) in [5, 5.41) is 11.1. The standard InChI is InChI=1S/C4H9N3O/c1-4(2-6-5)3-7-8/h3,5,7-8H,2H2,1H3/b4-3-,6-5?. The molecule has 8 heavy (non-hydrogen) atoms. The lowest BCUT2D eigenvalue weighted by molar-refractivity contribution is 0.213. The van der Waals surface area contributed by atoms with E-state index < -0.39 is 0 Å². The molecule has 3 N–H and O–H groups in total. The van der Waals surface area contributed by atoms with Crippen molar-refractivity contribution in [2.24, 2.45) is 5.11 Å². The fraction of sp³-hybridized carbons (Fsp3) is 0.500. The van der Waals surface area contributed by atoms with Gasteiger partial charge in [0.2, 0.25) is 0 Å². The predicted octanol–water partition coefficient (Wildman–Crippen LogP) is 0.900. The van der Waals surface area contributed by atoms with Gasteiger partial charge in [-0.1, -0.05) is 0 Å². The molecule has 0 rings (SSSR count). The van der Waals surface area contributed by atoms with Crippen LogP contribution in [0.4, 0.5) is 0 Å². The molecule has 0 unspecified atom stereocenters. The Morgan fingerprint density at radius 2 is 2.62 bits per heavy atom. The van der Waals surface area contributed by atoms with E-state index in [9.17, 15) is 0 Å². The summed E-state index contributed by atoms with van der Waals surface area (Å²) in [6, 6.07) is 0. The highest BCUT2D eigenvalue weighted by molar-refractivity contribution is 4.96. The number of nitrogens with one attached hydrogen (secondary N) is 2. The minimum Gasteiger partial charge on any atom is -0.292 e. The Labute approximate surface area is 47.7 Å². The summed E-state index contributed by atoms with van der Waals surface area (Å²) >= 11 is 0. The van der Waals surface area contributed by atoms with E-state index in [1.54, 1.807) is 6.92 Å². The van der Waals surface area contributed by atoms with Crippen LogP contribution in [0.3, 0.4) is 0 Å². The van der Waals surface area contributed by atoms with Gasteiger partial charge >= 0.3 is 0 Å². The third-order valence-corrected chi connectivity index (χ3v) is 0.639. The van der Waals surface area contributed by atoms with Crippen LogP contribution in [0.25, 0.3) is 0 Å². The number of nitrogens with zero attached hydrogens (tertiary/aromatic N) is 1. The normalized spacial score (nSPS) is 11.0. The lowest BCUT2D eigenvalue weighted by atomic mass is 10.3. The van der Waals surface area contributed by atoms with E-state index in [-0.39, 0.29) is 0 Å². The topological polar surface area (TPSA) is 68.5 Å². The van der Waals surface area contributed by atoms with Gasteiger partial charge < -0.3 is 0 Å². The van der Waals surface area contributed by atoms with E-state index in [0.717, 1.165) is 5.57 Å². The zero-order chi connectivity index (χ0) is 6.41. The third-order valence-electron chi connectivity index (χ3n) is 0.639. The maximum absolute atomic E-state index is 8.03. The monoisotopic (exact) mass is 115 g/mol. The molecule has 0 fully saturated rings. The summed E-state index contributed by atoms with van der Waals surface area (Å²) in [6.07, 6.45) is 1.39. The van der Waals surface area contributed by atoms with Gasteiger partial charge in [0.15, 0.2) is 0 Å². The summed E-state index contributed by atoms with van der Waals surface area (Å²) < 4.78 is 0. The van der Waals surface area contributed by atoms with Gasteiger partial charge in [-0.2, -0.15) is 5.11 Å². The van der Waals surface area contributed by atoms with Crippen LogP contribution < -0.4 is 5.48 Å². The first-order valence-corrected chi connectivity index (χ1v) is 2.19. The van der Waals surface area contributed by atoms with Gasteiger partial charge in [0.25, 0.3) is 0 Å². The second-order valence-electron chi connectivity index (χ2n) is 1.44. The van der Waals surface area contributed by atoms with E-state index in [4.69, 9.17) is 10.7 Å². The maximum atomic E-state index is 8.03. The largest absolute Gasteiger partial charge is 0.292 e. The zero-order valence-electron chi connectivity index (χ0n) is 4.68. The van der Waals surface area contributed by atoms with Gasteiger partial charge in [0.05, 0.1) is 6.54 Å². The van der Waals surface area contributed by atoms with Crippen LogP contribution in [0.2, 0.25) is 0 Å². The molecule has 0 saturated heterocycles. The average Bonchev–Trinajstić information content (AvgIpc) is 1.68. The second-order valence-corrected chi connectivity index (χ2v) is 1.44.